The number of carbonyl (C=O) groups excluding carboxylic acids is 1. The highest BCUT2D eigenvalue weighted by atomic mass is 16.5. The SMILES string of the molecule is CNc1ccncc1C(=O)N1CC(CO)OC(C)(C)C1. The first-order valence-electron chi connectivity index (χ1n) is 6.66. The molecule has 1 aliphatic rings. The summed E-state index contributed by atoms with van der Waals surface area (Å²) in [6, 6.07) is 1.77. The number of aromatic nitrogens is 1. The van der Waals surface area contributed by atoms with E-state index in [1.54, 1.807) is 30.4 Å². The van der Waals surface area contributed by atoms with Crippen LogP contribution >= 0.6 is 0 Å². The van der Waals surface area contributed by atoms with Crippen molar-refractivity contribution in [3.8, 4) is 0 Å². The second-order valence-electron chi connectivity index (χ2n) is 5.54. The highest BCUT2D eigenvalue weighted by molar-refractivity contribution is 5.99. The van der Waals surface area contributed by atoms with Crippen molar-refractivity contribution in [3.05, 3.63) is 24.0 Å². The van der Waals surface area contributed by atoms with Gasteiger partial charge in [0.05, 0.1) is 23.9 Å². The highest BCUT2D eigenvalue weighted by Crippen LogP contribution is 2.24. The van der Waals surface area contributed by atoms with Crippen molar-refractivity contribution in [2.24, 2.45) is 0 Å². The number of carbonyl (C=O) groups is 1. The molecule has 1 fully saturated rings. The molecular formula is C14H21N3O3. The van der Waals surface area contributed by atoms with Gasteiger partial charge in [-0.05, 0) is 19.9 Å². The number of hydrogen-bond donors (Lipinski definition) is 2. The number of nitrogens with one attached hydrogen (secondary N) is 1. The molecule has 1 saturated heterocycles. The summed E-state index contributed by atoms with van der Waals surface area (Å²) >= 11 is 0. The summed E-state index contributed by atoms with van der Waals surface area (Å²) < 4.78 is 5.72. The van der Waals surface area contributed by atoms with E-state index in [2.05, 4.69) is 10.3 Å². The number of morpholine rings is 1. The van der Waals surface area contributed by atoms with Crippen molar-refractivity contribution in [2.45, 2.75) is 25.6 Å². The Morgan fingerprint density at radius 2 is 2.40 bits per heavy atom. The van der Waals surface area contributed by atoms with Gasteiger partial charge in [0.25, 0.3) is 5.91 Å². The highest BCUT2D eigenvalue weighted by Gasteiger charge is 2.36. The summed E-state index contributed by atoms with van der Waals surface area (Å²) in [5.41, 5.74) is 0.808. The number of ether oxygens (including phenoxy) is 1. The quantitative estimate of drug-likeness (QED) is 0.853. The molecule has 20 heavy (non-hydrogen) atoms. The number of nitrogens with zero attached hydrogens (tertiary/aromatic N) is 2. The van der Waals surface area contributed by atoms with Crippen molar-refractivity contribution in [3.63, 3.8) is 0 Å². The molecule has 0 aliphatic carbocycles. The van der Waals surface area contributed by atoms with Gasteiger partial charge in [0, 0.05) is 38.2 Å². The van der Waals surface area contributed by atoms with Gasteiger partial charge in [0.1, 0.15) is 0 Å². The number of aliphatic hydroxyl groups is 1. The van der Waals surface area contributed by atoms with E-state index in [0.29, 0.717) is 18.7 Å². The second-order valence-corrected chi connectivity index (χ2v) is 5.54. The third-order valence-electron chi connectivity index (χ3n) is 3.29. The summed E-state index contributed by atoms with van der Waals surface area (Å²) in [4.78, 5) is 18.4. The second kappa shape index (κ2) is 5.76. The number of anilines is 1. The Morgan fingerprint density at radius 3 is 3.05 bits per heavy atom. The summed E-state index contributed by atoms with van der Waals surface area (Å²) in [6.45, 7) is 4.60. The van der Waals surface area contributed by atoms with Crippen LogP contribution in [0.1, 0.15) is 24.2 Å². The first kappa shape index (κ1) is 14.7. The number of amides is 1. The van der Waals surface area contributed by atoms with Gasteiger partial charge in [-0.15, -0.1) is 0 Å². The molecule has 1 aromatic rings. The van der Waals surface area contributed by atoms with E-state index < -0.39 is 5.60 Å². The molecule has 2 rings (SSSR count). The Hall–Kier alpha value is -1.66. The first-order valence-corrected chi connectivity index (χ1v) is 6.66. The van der Waals surface area contributed by atoms with Gasteiger partial charge in [-0.25, -0.2) is 0 Å². The standard InChI is InChI=1S/C14H21N3O3/c1-14(2)9-17(7-10(8-18)20-14)13(19)11-6-16-5-4-12(11)15-3/h4-6,10,18H,7-9H2,1-3H3,(H,15,16). The van der Waals surface area contributed by atoms with Gasteiger partial charge < -0.3 is 20.1 Å². The zero-order valence-corrected chi connectivity index (χ0v) is 12.1. The average Bonchev–Trinajstić information content (AvgIpc) is 2.44. The van der Waals surface area contributed by atoms with E-state index in [4.69, 9.17) is 4.74 Å². The molecule has 0 saturated carbocycles. The van der Waals surface area contributed by atoms with Crippen molar-refractivity contribution in [2.75, 3.05) is 32.1 Å². The van der Waals surface area contributed by atoms with Crippen molar-refractivity contribution >= 4 is 11.6 Å². The Balaban J connectivity index is 2.23. The van der Waals surface area contributed by atoms with Gasteiger partial charge >= 0.3 is 0 Å². The normalized spacial score (nSPS) is 21.6. The molecule has 0 aromatic carbocycles. The third-order valence-corrected chi connectivity index (χ3v) is 3.29. The van der Waals surface area contributed by atoms with Crippen molar-refractivity contribution in [1.82, 2.24) is 9.88 Å². The van der Waals surface area contributed by atoms with Crippen LogP contribution in [0.5, 0.6) is 0 Å². The zero-order valence-electron chi connectivity index (χ0n) is 12.1. The molecule has 1 aromatic heterocycles. The maximum absolute atomic E-state index is 12.6. The lowest BCUT2D eigenvalue weighted by Crippen LogP contribution is -2.55. The summed E-state index contributed by atoms with van der Waals surface area (Å²) in [5, 5.41) is 12.3. The van der Waals surface area contributed by atoms with Gasteiger partial charge in [-0.1, -0.05) is 0 Å². The molecule has 1 atom stereocenters. The molecule has 110 valence electrons. The molecule has 1 unspecified atom stereocenters. The average molecular weight is 279 g/mol. The predicted molar refractivity (Wildman–Crippen MR) is 75.7 cm³/mol. The van der Waals surface area contributed by atoms with E-state index >= 15 is 0 Å². The van der Waals surface area contributed by atoms with Gasteiger partial charge in [-0.2, -0.15) is 0 Å². The molecular weight excluding hydrogens is 258 g/mol. The molecule has 1 amide bonds. The number of rotatable bonds is 3. The lowest BCUT2D eigenvalue weighted by atomic mass is 10.0. The summed E-state index contributed by atoms with van der Waals surface area (Å²) in [7, 11) is 1.77. The molecule has 2 N–H and O–H groups in total. The molecule has 1 aliphatic heterocycles. The van der Waals surface area contributed by atoms with Crippen LogP contribution in [0.15, 0.2) is 18.5 Å². The fourth-order valence-corrected chi connectivity index (χ4v) is 2.50. The van der Waals surface area contributed by atoms with E-state index in [9.17, 15) is 9.90 Å². The van der Waals surface area contributed by atoms with Gasteiger partial charge in [0.15, 0.2) is 0 Å². The fourth-order valence-electron chi connectivity index (χ4n) is 2.50. The molecule has 0 radical (unpaired) electrons. The van der Waals surface area contributed by atoms with E-state index in [1.807, 2.05) is 13.8 Å². The Morgan fingerprint density at radius 1 is 1.65 bits per heavy atom. The Bertz CT molecular complexity index is 490. The van der Waals surface area contributed by atoms with Crippen LogP contribution in [0.2, 0.25) is 0 Å². The lowest BCUT2D eigenvalue weighted by Gasteiger charge is -2.42. The molecule has 0 spiro atoms. The summed E-state index contributed by atoms with van der Waals surface area (Å²) in [5.74, 6) is -0.0997. The molecule has 6 heteroatoms. The van der Waals surface area contributed by atoms with Crippen LogP contribution in [0.4, 0.5) is 5.69 Å². The number of aliphatic hydroxyl groups excluding tert-OH is 1. The van der Waals surface area contributed by atoms with Crippen LogP contribution in [-0.2, 0) is 4.74 Å². The number of pyridine rings is 1. The van der Waals surface area contributed by atoms with Crippen LogP contribution in [-0.4, -0.2) is 59.3 Å². The lowest BCUT2D eigenvalue weighted by molar-refractivity contribution is -0.139. The predicted octanol–water partition coefficient (Wildman–Crippen LogP) is 0.735. The Kier molecular flexibility index (Phi) is 4.25. The maximum atomic E-state index is 12.6. The smallest absolute Gasteiger partial charge is 0.257 e. The molecule has 6 nitrogen and oxygen atoms in total. The topological polar surface area (TPSA) is 74.7 Å². The minimum Gasteiger partial charge on any atom is -0.394 e. The van der Waals surface area contributed by atoms with Crippen molar-refractivity contribution in [1.29, 1.82) is 0 Å². The van der Waals surface area contributed by atoms with E-state index in [1.165, 1.54) is 0 Å². The van der Waals surface area contributed by atoms with Gasteiger partial charge in [0.2, 0.25) is 0 Å². The van der Waals surface area contributed by atoms with Crippen molar-refractivity contribution < 1.29 is 14.6 Å². The van der Waals surface area contributed by atoms with E-state index in [-0.39, 0.29) is 18.6 Å². The summed E-state index contributed by atoms with van der Waals surface area (Å²) in [6.07, 6.45) is 2.85. The van der Waals surface area contributed by atoms with Crippen LogP contribution < -0.4 is 5.32 Å². The van der Waals surface area contributed by atoms with Crippen LogP contribution in [0.3, 0.4) is 0 Å². The van der Waals surface area contributed by atoms with Crippen LogP contribution in [0.25, 0.3) is 0 Å². The largest absolute Gasteiger partial charge is 0.394 e. The molecule has 0 bridgehead atoms. The fraction of sp³-hybridized carbons (Fsp3) is 0.571. The monoisotopic (exact) mass is 279 g/mol. The van der Waals surface area contributed by atoms with E-state index in [0.717, 1.165) is 5.69 Å². The Labute approximate surface area is 118 Å². The van der Waals surface area contributed by atoms with Crippen LogP contribution in [0, 0.1) is 0 Å². The zero-order chi connectivity index (χ0) is 14.8. The van der Waals surface area contributed by atoms with Gasteiger partial charge in [-0.3, -0.25) is 9.78 Å². The molecule has 2 heterocycles. The number of hydrogen-bond acceptors (Lipinski definition) is 5. The third kappa shape index (κ3) is 3.08. The minimum absolute atomic E-state index is 0.0981. The first-order chi connectivity index (χ1) is 9.46. The minimum atomic E-state index is -0.469. The maximum Gasteiger partial charge on any atom is 0.257 e.